The minimum Gasteiger partial charge on any atom is -0.353 e. The van der Waals surface area contributed by atoms with Gasteiger partial charge in [0.1, 0.15) is 0 Å². The van der Waals surface area contributed by atoms with Gasteiger partial charge >= 0.3 is 0 Å². The second-order valence-corrected chi connectivity index (χ2v) is 3.84. The van der Waals surface area contributed by atoms with Crippen molar-refractivity contribution in [2.75, 3.05) is 6.54 Å². The third-order valence-electron chi connectivity index (χ3n) is 2.54. The van der Waals surface area contributed by atoms with Crippen LogP contribution in [-0.2, 0) is 4.79 Å². The molecule has 0 radical (unpaired) electrons. The molecule has 12 heavy (non-hydrogen) atoms. The maximum absolute atomic E-state index is 11.3. The summed E-state index contributed by atoms with van der Waals surface area (Å²) in [5, 5.41) is 6.32. The van der Waals surface area contributed by atoms with Crippen molar-refractivity contribution in [3.63, 3.8) is 0 Å². The molecule has 0 aromatic heterocycles. The summed E-state index contributed by atoms with van der Waals surface area (Å²) in [6.07, 6.45) is 5.43. The zero-order chi connectivity index (χ0) is 8.39. The highest BCUT2D eigenvalue weighted by molar-refractivity contribution is 5.77. The lowest BCUT2D eigenvalue weighted by atomic mass is 10.1. The predicted octanol–water partition coefficient (Wildman–Crippen LogP) is 0.407. The van der Waals surface area contributed by atoms with Crippen LogP contribution in [0.25, 0.3) is 0 Å². The maximum atomic E-state index is 11.3. The van der Waals surface area contributed by atoms with Gasteiger partial charge in [0.05, 0.1) is 0 Å². The molecule has 0 aromatic carbocycles. The van der Waals surface area contributed by atoms with Crippen LogP contribution < -0.4 is 10.6 Å². The molecule has 2 fully saturated rings. The normalized spacial score (nSPS) is 28.8. The summed E-state index contributed by atoms with van der Waals surface area (Å²) in [6, 6.07) is 0.961. The first-order valence-corrected chi connectivity index (χ1v) is 4.87. The van der Waals surface area contributed by atoms with E-state index in [9.17, 15) is 4.79 Å². The molecular formula is C9H16N2O. The molecule has 1 aliphatic heterocycles. The van der Waals surface area contributed by atoms with E-state index >= 15 is 0 Å². The Morgan fingerprint density at radius 1 is 1.42 bits per heavy atom. The monoisotopic (exact) mass is 168 g/mol. The summed E-state index contributed by atoms with van der Waals surface area (Å²) >= 11 is 0. The van der Waals surface area contributed by atoms with Gasteiger partial charge in [-0.2, -0.15) is 0 Å². The SMILES string of the molecule is O=C(CC1CCCN1)NC1CC1. The van der Waals surface area contributed by atoms with E-state index in [2.05, 4.69) is 10.6 Å². The third kappa shape index (κ3) is 2.21. The quantitative estimate of drug-likeness (QED) is 0.640. The highest BCUT2D eigenvalue weighted by Crippen LogP contribution is 2.19. The summed E-state index contributed by atoms with van der Waals surface area (Å²) in [5.74, 6) is 0.233. The average Bonchev–Trinajstić information content (AvgIpc) is 2.66. The highest BCUT2D eigenvalue weighted by Gasteiger charge is 2.25. The van der Waals surface area contributed by atoms with Gasteiger partial charge in [-0.1, -0.05) is 0 Å². The van der Waals surface area contributed by atoms with Gasteiger partial charge in [0, 0.05) is 18.5 Å². The summed E-state index contributed by atoms with van der Waals surface area (Å²) < 4.78 is 0. The molecular weight excluding hydrogens is 152 g/mol. The number of amides is 1. The van der Waals surface area contributed by atoms with Crippen molar-refractivity contribution in [1.82, 2.24) is 10.6 Å². The van der Waals surface area contributed by atoms with Gasteiger partial charge in [-0.05, 0) is 32.2 Å². The van der Waals surface area contributed by atoms with E-state index in [1.54, 1.807) is 0 Å². The van der Waals surface area contributed by atoms with Crippen molar-refractivity contribution in [3.05, 3.63) is 0 Å². The van der Waals surface area contributed by atoms with Gasteiger partial charge < -0.3 is 10.6 Å². The largest absolute Gasteiger partial charge is 0.353 e. The predicted molar refractivity (Wildman–Crippen MR) is 46.8 cm³/mol. The molecule has 2 aliphatic rings. The van der Waals surface area contributed by atoms with Crippen LogP contribution in [0.5, 0.6) is 0 Å². The molecule has 1 saturated carbocycles. The van der Waals surface area contributed by atoms with Crippen LogP contribution in [-0.4, -0.2) is 24.5 Å². The van der Waals surface area contributed by atoms with E-state index in [-0.39, 0.29) is 5.91 Å². The lowest BCUT2D eigenvalue weighted by molar-refractivity contribution is -0.121. The van der Waals surface area contributed by atoms with Crippen LogP contribution in [0.3, 0.4) is 0 Å². The highest BCUT2D eigenvalue weighted by atomic mass is 16.1. The number of carbonyl (C=O) groups excluding carboxylic acids is 1. The van der Waals surface area contributed by atoms with Crippen LogP contribution in [0.2, 0.25) is 0 Å². The zero-order valence-electron chi connectivity index (χ0n) is 7.31. The molecule has 3 heteroatoms. The molecule has 0 spiro atoms. The lowest BCUT2D eigenvalue weighted by Gasteiger charge is -2.09. The minimum atomic E-state index is 0.233. The minimum absolute atomic E-state index is 0.233. The van der Waals surface area contributed by atoms with Gasteiger partial charge in [0.15, 0.2) is 0 Å². The molecule has 3 nitrogen and oxygen atoms in total. The van der Waals surface area contributed by atoms with Crippen LogP contribution in [0, 0.1) is 0 Å². The number of hydrogen-bond acceptors (Lipinski definition) is 2. The van der Waals surface area contributed by atoms with E-state index < -0.39 is 0 Å². The fourth-order valence-electron chi connectivity index (χ4n) is 1.67. The van der Waals surface area contributed by atoms with E-state index in [4.69, 9.17) is 0 Å². The molecule has 1 saturated heterocycles. The Labute approximate surface area is 72.9 Å². The zero-order valence-corrected chi connectivity index (χ0v) is 7.31. The maximum Gasteiger partial charge on any atom is 0.221 e. The summed E-state index contributed by atoms with van der Waals surface area (Å²) in [5.41, 5.74) is 0. The topological polar surface area (TPSA) is 41.1 Å². The Hall–Kier alpha value is -0.570. The van der Waals surface area contributed by atoms with Gasteiger partial charge in [-0.25, -0.2) is 0 Å². The van der Waals surface area contributed by atoms with Crippen molar-refractivity contribution in [3.8, 4) is 0 Å². The molecule has 1 amide bonds. The molecule has 0 aromatic rings. The molecule has 1 unspecified atom stereocenters. The second-order valence-electron chi connectivity index (χ2n) is 3.84. The van der Waals surface area contributed by atoms with E-state index in [0.717, 1.165) is 13.0 Å². The first-order valence-electron chi connectivity index (χ1n) is 4.87. The molecule has 1 heterocycles. The number of rotatable bonds is 3. The van der Waals surface area contributed by atoms with Gasteiger partial charge in [0.2, 0.25) is 5.91 Å². The number of nitrogens with one attached hydrogen (secondary N) is 2. The summed E-state index contributed by atoms with van der Waals surface area (Å²) in [4.78, 5) is 11.3. The van der Waals surface area contributed by atoms with Crippen LogP contribution in [0.1, 0.15) is 32.1 Å². The Kier molecular flexibility index (Phi) is 2.30. The van der Waals surface area contributed by atoms with Crippen molar-refractivity contribution >= 4 is 5.91 Å². The van der Waals surface area contributed by atoms with Crippen molar-refractivity contribution in [1.29, 1.82) is 0 Å². The van der Waals surface area contributed by atoms with Crippen molar-refractivity contribution < 1.29 is 4.79 Å². The lowest BCUT2D eigenvalue weighted by Crippen LogP contribution is -2.32. The van der Waals surface area contributed by atoms with E-state index in [0.29, 0.717) is 18.5 Å². The van der Waals surface area contributed by atoms with E-state index in [1.807, 2.05) is 0 Å². The van der Waals surface area contributed by atoms with Crippen molar-refractivity contribution in [2.24, 2.45) is 0 Å². The second kappa shape index (κ2) is 3.44. The Balaban J connectivity index is 1.66. The van der Waals surface area contributed by atoms with Crippen LogP contribution in [0.15, 0.2) is 0 Å². The van der Waals surface area contributed by atoms with Gasteiger partial charge in [-0.15, -0.1) is 0 Å². The Morgan fingerprint density at radius 2 is 2.25 bits per heavy atom. The van der Waals surface area contributed by atoms with Crippen LogP contribution in [0.4, 0.5) is 0 Å². The van der Waals surface area contributed by atoms with Gasteiger partial charge in [0.25, 0.3) is 0 Å². The Morgan fingerprint density at radius 3 is 2.83 bits per heavy atom. The summed E-state index contributed by atoms with van der Waals surface area (Å²) in [6.45, 7) is 1.08. The molecule has 68 valence electrons. The van der Waals surface area contributed by atoms with E-state index in [1.165, 1.54) is 19.3 Å². The third-order valence-corrected chi connectivity index (χ3v) is 2.54. The molecule has 1 atom stereocenters. The standard InChI is InChI=1S/C9H16N2O/c12-9(11-7-3-4-7)6-8-2-1-5-10-8/h7-8,10H,1-6H2,(H,11,12). The first kappa shape index (κ1) is 8.05. The van der Waals surface area contributed by atoms with Crippen molar-refractivity contribution in [2.45, 2.75) is 44.2 Å². The number of carbonyl (C=O) groups is 1. The summed E-state index contributed by atoms with van der Waals surface area (Å²) in [7, 11) is 0. The molecule has 1 aliphatic carbocycles. The van der Waals surface area contributed by atoms with Crippen LogP contribution >= 0.6 is 0 Å². The fourth-order valence-corrected chi connectivity index (χ4v) is 1.67. The average molecular weight is 168 g/mol. The molecule has 2 rings (SSSR count). The number of hydrogen-bond donors (Lipinski definition) is 2. The molecule has 2 N–H and O–H groups in total. The van der Waals surface area contributed by atoms with Gasteiger partial charge in [-0.3, -0.25) is 4.79 Å². The molecule has 0 bridgehead atoms. The Bertz CT molecular complexity index is 171. The fraction of sp³-hybridized carbons (Fsp3) is 0.889. The first-order chi connectivity index (χ1) is 5.84. The smallest absolute Gasteiger partial charge is 0.221 e.